The van der Waals surface area contributed by atoms with Crippen LogP contribution < -0.4 is 4.90 Å². The number of fused-ring (bicyclic) bond motifs is 1. The minimum atomic E-state index is -4.65. The molecule has 5 nitrogen and oxygen atoms in total. The van der Waals surface area contributed by atoms with E-state index in [4.69, 9.17) is 11.6 Å². The largest absolute Gasteiger partial charge is 0.435 e. The van der Waals surface area contributed by atoms with E-state index < -0.39 is 11.9 Å². The first kappa shape index (κ1) is 22.7. The lowest BCUT2D eigenvalue weighted by Crippen LogP contribution is -2.46. The van der Waals surface area contributed by atoms with Crippen LogP contribution in [0.3, 0.4) is 0 Å². The Bertz CT molecular complexity index is 1310. The summed E-state index contributed by atoms with van der Waals surface area (Å²) in [5.74, 6) is 0.602. The molecule has 1 fully saturated rings. The Morgan fingerprint density at radius 1 is 0.941 bits per heavy atom. The summed E-state index contributed by atoms with van der Waals surface area (Å²) in [7, 11) is 0. The average Bonchev–Trinajstić information content (AvgIpc) is 3.20. The van der Waals surface area contributed by atoms with Crippen molar-refractivity contribution in [2.75, 3.05) is 31.1 Å². The van der Waals surface area contributed by atoms with Gasteiger partial charge in [0.15, 0.2) is 11.3 Å². The number of anilines is 1. The van der Waals surface area contributed by atoms with E-state index in [-0.39, 0.29) is 21.8 Å². The third kappa shape index (κ3) is 4.35. The first-order chi connectivity index (χ1) is 16.3. The van der Waals surface area contributed by atoms with Crippen molar-refractivity contribution in [2.24, 2.45) is 0 Å². The molecule has 5 rings (SSSR count). The molecule has 2 aromatic heterocycles. The van der Waals surface area contributed by atoms with E-state index in [2.05, 4.69) is 32.0 Å². The number of rotatable bonds is 4. The summed E-state index contributed by atoms with van der Waals surface area (Å²) in [6, 6.07) is 18.5. The maximum atomic E-state index is 14.1. The van der Waals surface area contributed by atoms with Crippen molar-refractivity contribution in [3.63, 3.8) is 0 Å². The van der Waals surface area contributed by atoms with E-state index in [1.807, 2.05) is 18.2 Å². The van der Waals surface area contributed by atoms with Crippen molar-refractivity contribution in [1.82, 2.24) is 19.5 Å². The lowest BCUT2D eigenvalue weighted by molar-refractivity contribution is -0.140. The Morgan fingerprint density at radius 3 is 2.29 bits per heavy atom. The first-order valence-electron chi connectivity index (χ1n) is 11.0. The number of halogens is 4. The van der Waals surface area contributed by atoms with Crippen LogP contribution in [-0.2, 0) is 12.7 Å². The lowest BCUT2D eigenvalue weighted by atomic mass is 10.1. The molecule has 0 aliphatic carbocycles. The normalized spacial score (nSPS) is 15.3. The highest BCUT2D eigenvalue weighted by atomic mass is 35.5. The molecule has 34 heavy (non-hydrogen) atoms. The van der Waals surface area contributed by atoms with Crippen LogP contribution in [0.15, 0.2) is 60.7 Å². The zero-order chi connectivity index (χ0) is 23.9. The van der Waals surface area contributed by atoms with Crippen LogP contribution in [0.2, 0.25) is 5.02 Å². The molecule has 0 N–H and O–H groups in total. The molecule has 0 saturated carbocycles. The summed E-state index contributed by atoms with van der Waals surface area (Å²) in [4.78, 5) is 8.88. The number of alkyl halides is 3. The number of hydrogen-bond acceptors (Lipinski definition) is 4. The molecular formula is C25H23ClF3N5. The highest BCUT2D eigenvalue weighted by Crippen LogP contribution is 2.41. The fraction of sp³-hybridized carbons (Fsp3) is 0.280. The Hall–Kier alpha value is -3.10. The second-order valence-electron chi connectivity index (χ2n) is 8.44. The predicted octanol–water partition coefficient (Wildman–Crippen LogP) is 5.70. The topological polar surface area (TPSA) is 36.7 Å². The molecule has 176 valence electrons. The van der Waals surface area contributed by atoms with Crippen LogP contribution in [-0.4, -0.2) is 45.7 Å². The van der Waals surface area contributed by atoms with Crippen molar-refractivity contribution < 1.29 is 13.2 Å². The van der Waals surface area contributed by atoms with Gasteiger partial charge in [0.25, 0.3) is 0 Å². The average molecular weight is 486 g/mol. The van der Waals surface area contributed by atoms with Crippen LogP contribution in [0.25, 0.3) is 16.8 Å². The number of hydrogen-bond donors (Lipinski definition) is 0. The van der Waals surface area contributed by atoms with Crippen molar-refractivity contribution in [3.05, 3.63) is 82.6 Å². The highest BCUT2D eigenvalue weighted by molar-refractivity contribution is 6.33. The molecule has 1 aliphatic heterocycles. The minimum Gasteiger partial charge on any atom is -0.354 e. The van der Waals surface area contributed by atoms with Gasteiger partial charge in [-0.25, -0.2) is 4.98 Å². The molecule has 0 atom stereocenters. The monoisotopic (exact) mass is 485 g/mol. The maximum absolute atomic E-state index is 14.1. The second kappa shape index (κ2) is 8.92. The third-order valence-corrected chi connectivity index (χ3v) is 6.38. The third-order valence-electron chi connectivity index (χ3n) is 6.06. The first-order valence-corrected chi connectivity index (χ1v) is 11.4. The van der Waals surface area contributed by atoms with Crippen LogP contribution in [0.5, 0.6) is 0 Å². The molecule has 0 bridgehead atoms. The van der Waals surface area contributed by atoms with Crippen LogP contribution >= 0.6 is 11.6 Å². The zero-order valence-corrected chi connectivity index (χ0v) is 19.3. The lowest BCUT2D eigenvalue weighted by Gasteiger charge is -2.36. The fourth-order valence-corrected chi connectivity index (χ4v) is 4.66. The van der Waals surface area contributed by atoms with Gasteiger partial charge in [-0.3, -0.25) is 4.90 Å². The molecule has 1 aliphatic rings. The second-order valence-corrected chi connectivity index (χ2v) is 8.85. The molecule has 3 heterocycles. The van der Waals surface area contributed by atoms with Gasteiger partial charge in [0.1, 0.15) is 5.82 Å². The van der Waals surface area contributed by atoms with Crippen molar-refractivity contribution in [2.45, 2.75) is 19.6 Å². The Balaban J connectivity index is 1.53. The van der Waals surface area contributed by atoms with E-state index in [1.54, 1.807) is 37.3 Å². The Labute approximate surface area is 200 Å². The van der Waals surface area contributed by atoms with Gasteiger partial charge in [0.05, 0.1) is 5.56 Å². The molecule has 0 unspecified atom stereocenters. The SMILES string of the molecule is Cc1cc(N2CCN(Cc3ccccc3)CC2)n2nc(C(F)(F)F)c(-c3ccccc3Cl)c2n1. The molecule has 0 radical (unpaired) electrons. The molecule has 9 heteroatoms. The number of aromatic nitrogens is 3. The van der Waals surface area contributed by atoms with Gasteiger partial charge >= 0.3 is 6.18 Å². The summed E-state index contributed by atoms with van der Waals surface area (Å²) in [5, 5.41) is 4.24. The van der Waals surface area contributed by atoms with Crippen LogP contribution in [0.1, 0.15) is 17.0 Å². The molecule has 4 aromatic rings. The molecule has 0 spiro atoms. The van der Waals surface area contributed by atoms with Gasteiger partial charge in [0.2, 0.25) is 0 Å². The van der Waals surface area contributed by atoms with E-state index >= 15 is 0 Å². The molecule has 0 amide bonds. The van der Waals surface area contributed by atoms with Gasteiger partial charge in [-0.1, -0.05) is 60.1 Å². The number of nitrogens with zero attached hydrogens (tertiary/aromatic N) is 5. The molecule has 2 aromatic carbocycles. The predicted molar refractivity (Wildman–Crippen MR) is 127 cm³/mol. The summed E-state index contributed by atoms with van der Waals surface area (Å²) in [5.41, 5.74) is 1.21. The van der Waals surface area contributed by atoms with Crippen molar-refractivity contribution >= 4 is 23.1 Å². The Morgan fingerprint density at radius 2 is 1.62 bits per heavy atom. The van der Waals surface area contributed by atoms with Gasteiger partial charge in [0, 0.05) is 55.1 Å². The summed E-state index contributed by atoms with van der Waals surface area (Å²) in [6.07, 6.45) is -4.65. The van der Waals surface area contributed by atoms with Crippen molar-refractivity contribution in [3.8, 4) is 11.1 Å². The van der Waals surface area contributed by atoms with Crippen molar-refractivity contribution in [1.29, 1.82) is 0 Å². The Kier molecular flexibility index (Phi) is 5.95. The van der Waals surface area contributed by atoms with E-state index in [1.165, 1.54) is 10.1 Å². The highest BCUT2D eigenvalue weighted by Gasteiger charge is 2.40. The number of piperazine rings is 1. The smallest absolute Gasteiger partial charge is 0.354 e. The summed E-state index contributed by atoms with van der Waals surface area (Å²) >= 11 is 6.30. The zero-order valence-electron chi connectivity index (χ0n) is 18.6. The number of aryl methyl sites for hydroxylation is 1. The van der Waals surface area contributed by atoms with Gasteiger partial charge in [-0.2, -0.15) is 22.8 Å². The summed E-state index contributed by atoms with van der Waals surface area (Å²) < 4.78 is 43.5. The van der Waals surface area contributed by atoms with E-state index in [9.17, 15) is 13.2 Å². The van der Waals surface area contributed by atoms with E-state index in [0.29, 0.717) is 24.6 Å². The van der Waals surface area contributed by atoms with Gasteiger partial charge in [-0.15, -0.1) is 0 Å². The van der Waals surface area contributed by atoms with Gasteiger partial charge < -0.3 is 4.90 Å². The summed E-state index contributed by atoms with van der Waals surface area (Å²) in [6.45, 7) is 5.56. The van der Waals surface area contributed by atoms with E-state index in [0.717, 1.165) is 19.6 Å². The minimum absolute atomic E-state index is 0.0919. The molecule has 1 saturated heterocycles. The van der Waals surface area contributed by atoms with Crippen LogP contribution in [0.4, 0.5) is 19.0 Å². The maximum Gasteiger partial charge on any atom is 0.435 e. The van der Waals surface area contributed by atoms with Crippen LogP contribution in [0, 0.1) is 6.92 Å². The molecular weight excluding hydrogens is 463 g/mol. The standard InChI is InChI=1S/C25H23ClF3N5/c1-17-15-21(33-13-11-32(12-14-33)16-18-7-3-2-4-8-18)34-24(30-17)22(23(31-34)25(27,28)29)19-9-5-6-10-20(19)26/h2-10,15H,11-14,16H2,1H3. The fourth-order valence-electron chi connectivity index (χ4n) is 4.43. The number of benzene rings is 2. The van der Waals surface area contributed by atoms with Gasteiger partial charge in [-0.05, 0) is 18.6 Å². The quantitative estimate of drug-likeness (QED) is 0.371.